The van der Waals surface area contributed by atoms with E-state index in [9.17, 15) is 4.79 Å². The first kappa shape index (κ1) is 17.1. The molecule has 0 spiro atoms. The molecule has 2 atom stereocenters. The van der Waals surface area contributed by atoms with Crippen molar-refractivity contribution in [3.8, 4) is 0 Å². The molecule has 0 aromatic carbocycles. The normalized spacial score (nSPS) is 25.0. The van der Waals surface area contributed by atoms with Gasteiger partial charge in [-0.05, 0) is 43.2 Å². The molecule has 2 aliphatic rings. The van der Waals surface area contributed by atoms with E-state index in [1.807, 2.05) is 6.07 Å². The van der Waals surface area contributed by atoms with Crippen LogP contribution in [0, 0.1) is 11.8 Å². The molecule has 0 radical (unpaired) electrons. The lowest BCUT2D eigenvalue weighted by atomic mass is 9.92. The molecular weight excluding hydrogens is 302 g/mol. The minimum atomic E-state index is -0.131. The Hall–Kier alpha value is -1.69. The van der Waals surface area contributed by atoms with E-state index in [4.69, 9.17) is 0 Å². The standard InChI is InChI=1S/C18H29N5O/c1-14-11-15(2)13-22(12-14)10-7-19-18(24)16-5-6-17(21-20-16)23-8-3-4-9-23/h5-6,14-15H,3-4,7-13H2,1-2H3,(H,19,24)/t14-,15-/m1/s1. The van der Waals surface area contributed by atoms with Crippen molar-refractivity contribution in [3.05, 3.63) is 17.8 Å². The minimum Gasteiger partial charge on any atom is -0.355 e. The van der Waals surface area contributed by atoms with Crippen LogP contribution in [0.25, 0.3) is 0 Å². The number of hydrogen-bond acceptors (Lipinski definition) is 5. The summed E-state index contributed by atoms with van der Waals surface area (Å²) in [5.41, 5.74) is 0.401. The quantitative estimate of drug-likeness (QED) is 0.891. The van der Waals surface area contributed by atoms with E-state index in [0.717, 1.165) is 50.4 Å². The molecule has 1 aromatic rings. The largest absolute Gasteiger partial charge is 0.355 e. The molecule has 0 aliphatic carbocycles. The monoisotopic (exact) mass is 331 g/mol. The van der Waals surface area contributed by atoms with Gasteiger partial charge in [-0.2, -0.15) is 0 Å². The van der Waals surface area contributed by atoms with Gasteiger partial charge in [-0.1, -0.05) is 13.8 Å². The second-order valence-corrected chi connectivity index (χ2v) is 7.43. The van der Waals surface area contributed by atoms with E-state index >= 15 is 0 Å². The van der Waals surface area contributed by atoms with Crippen molar-refractivity contribution < 1.29 is 4.79 Å². The van der Waals surface area contributed by atoms with Crippen molar-refractivity contribution in [1.29, 1.82) is 0 Å². The first-order valence-corrected chi connectivity index (χ1v) is 9.21. The van der Waals surface area contributed by atoms with Crippen LogP contribution in [0.4, 0.5) is 5.82 Å². The van der Waals surface area contributed by atoms with Crippen LogP contribution in [0.5, 0.6) is 0 Å². The second kappa shape index (κ2) is 7.92. The lowest BCUT2D eigenvalue weighted by Crippen LogP contribution is -2.43. The van der Waals surface area contributed by atoms with Gasteiger partial charge in [0.25, 0.3) is 5.91 Å². The van der Waals surface area contributed by atoms with Crippen molar-refractivity contribution in [2.75, 3.05) is 44.2 Å². The van der Waals surface area contributed by atoms with Gasteiger partial charge < -0.3 is 15.1 Å². The summed E-state index contributed by atoms with van der Waals surface area (Å²) >= 11 is 0. The molecule has 1 aromatic heterocycles. The zero-order chi connectivity index (χ0) is 16.9. The average molecular weight is 331 g/mol. The SMILES string of the molecule is C[C@@H]1C[C@@H](C)CN(CCNC(=O)c2ccc(N3CCCC3)nn2)C1. The third-order valence-corrected chi connectivity index (χ3v) is 4.97. The van der Waals surface area contributed by atoms with Gasteiger partial charge in [0.2, 0.25) is 0 Å². The number of piperidine rings is 1. The molecule has 2 saturated heterocycles. The van der Waals surface area contributed by atoms with Crippen molar-refractivity contribution in [2.45, 2.75) is 33.1 Å². The maximum absolute atomic E-state index is 12.2. The summed E-state index contributed by atoms with van der Waals surface area (Å²) in [6.07, 6.45) is 3.72. The van der Waals surface area contributed by atoms with Gasteiger partial charge in [-0.3, -0.25) is 4.79 Å². The van der Waals surface area contributed by atoms with Crippen molar-refractivity contribution in [3.63, 3.8) is 0 Å². The Bertz CT molecular complexity index is 531. The Morgan fingerprint density at radius 3 is 2.50 bits per heavy atom. The molecule has 0 unspecified atom stereocenters. The number of carbonyl (C=O) groups is 1. The Balaban J connectivity index is 1.44. The van der Waals surface area contributed by atoms with E-state index < -0.39 is 0 Å². The molecule has 3 rings (SSSR count). The first-order valence-electron chi connectivity index (χ1n) is 9.21. The number of nitrogens with zero attached hydrogens (tertiary/aromatic N) is 4. The highest BCUT2D eigenvalue weighted by atomic mass is 16.1. The molecule has 3 heterocycles. The van der Waals surface area contributed by atoms with E-state index in [2.05, 4.69) is 39.2 Å². The van der Waals surface area contributed by atoms with Gasteiger partial charge in [0.05, 0.1) is 0 Å². The van der Waals surface area contributed by atoms with Gasteiger partial charge in [0.15, 0.2) is 11.5 Å². The molecule has 0 saturated carbocycles. The number of hydrogen-bond donors (Lipinski definition) is 1. The molecule has 2 aliphatic heterocycles. The Morgan fingerprint density at radius 1 is 1.17 bits per heavy atom. The molecule has 1 N–H and O–H groups in total. The molecule has 0 bridgehead atoms. The van der Waals surface area contributed by atoms with Crippen LogP contribution < -0.4 is 10.2 Å². The Morgan fingerprint density at radius 2 is 1.88 bits per heavy atom. The fraction of sp³-hybridized carbons (Fsp3) is 0.722. The summed E-state index contributed by atoms with van der Waals surface area (Å²) in [6, 6.07) is 3.68. The van der Waals surface area contributed by atoms with E-state index in [0.29, 0.717) is 12.2 Å². The summed E-state index contributed by atoms with van der Waals surface area (Å²) < 4.78 is 0. The van der Waals surface area contributed by atoms with Crippen LogP contribution in [0.15, 0.2) is 12.1 Å². The smallest absolute Gasteiger partial charge is 0.271 e. The van der Waals surface area contributed by atoms with Crippen LogP contribution in [0.2, 0.25) is 0 Å². The van der Waals surface area contributed by atoms with Gasteiger partial charge in [-0.15, -0.1) is 10.2 Å². The lowest BCUT2D eigenvalue weighted by Gasteiger charge is -2.34. The Kier molecular flexibility index (Phi) is 5.66. The fourth-order valence-corrected chi connectivity index (χ4v) is 3.95. The van der Waals surface area contributed by atoms with Gasteiger partial charge in [0, 0.05) is 39.3 Å². The number of likely N-dealkylation sites (tertiary alicyclic amines) is 1. The number of carbonyl (C=O) groups excluding carboxylic acids is 1. The van der Waals surface area contributed by atoms with Gasteiger partial charge >= 0.3 is 0 Å². The maximum Gasteiger partial charge on any atom is 0.271 e. The van der Waals surface area contributed by atoms with Crippen LogP contribution >= 0.6 is 0 Å². The predicted molar refractivity (Wildman–Crippen MR) is 95.2 cm³/mol. The molecule has 1 amide bonds. The minimum absolute atomic E-state index is 0.131. The van der Waals surface area contributed by atoms with Crippen molar-refractivity contribution >= 4 is 11.7 Å². The lowest BCUT2D eigenvalue weighted by molar-refractivity contribution is 0.0931. The molecule has 6 nitrogen and oxygen atoms in total. The van der Waals surface area contributed by atoms with E-state index in [1.54, 1.807) is 6.07 Å². The van der Waals surface area contributed by atoms with Crippen molar-refractivity contribution in [1.82, 2.24) is 20.4 Å². The summed E-state index contributed by atoms with van der Waals surface area (Å²) in [6.45, 7) is 10.5. The summed E-state index contributed by atoms with van der Waals surface area (Å²) in [4.78, 5) is 16.9. The number of anilines is 1. The van der Waals surface area contributed by atoms with Crippen LogP contribution in [0.3, 0.4) is 0 Å². The van der Waals surface area contributed by atoms with E-state index in [-0.39, 0.29) is 5.91 Å². The van der Waals surface area contributed by atoms with E-state index in [1.165, 1.54) is 19.3 Å². The molecule has 6 heteroatoms. The summed E-state index contributed by atoms with van der Waals surface area (Å²) in [5, 5.41) is 11.3. The molecule has 132 valence electrons. The topological polar surface area (TPSA) is 61.4 Å². The highest BCUT2D eigenvalue weighted by Crippen LogP contribution is 2.20. The molecule has 24 heavy (non-hydrogen) atoms. The zero-order valence-electron chi connectivity index (χ0n) is 14.9. The fourth-order valence-electron chi connectivity index (χ4n) is 3.95. The van der Waals surface area contributed by atoms with Gasteiger partial charge in [-0.25, -0.2) is 0 Å². The highest BCUT2D eigenvalue weighted by molar-refractivity contribution is 5.92. The zero-order valence-corrected chi connectivity index (χ0v) is 14.9. The number of nitrogens with one attached hydrogen (secondary N) is 1. The number of rotatable bonds is 5. The summed E-state index contributed by atoms with van der Waals surface area (Å²) in [7, 11) is 0. The first-order chi connectivity index (χ1) is 11.6. The van der Waals surface area contributed by atoms with Crippen LogP contribution in [-0.4, -0.2) is 60.3 Å². The third-order valence-electron chi connectivity index (χ3n) is 4.97. The Labute approximate surface area is 144 Å². The number of amides is 1. The molecular formula is C18H29N5O. The molecule has 2 fully saturated rings. The third kappa shape index (κ3) is 4.44. The average Bonchev–Trinajstić information content (AvgIpc) is 3.08. The second-order valence-electron chi connectivity index (χ2n) is 7.43. The number of aromatic nitrogens is 2. The predicted octanol–water partition coefficient (Wildman–Crippen LogP) is 1.78. The van der Waals surface area contributed by atoms with Crippen LogP contribution in [-0.2, 0) is 0 Å². The van der Waals surface area contributed by atoms with Crippen LogP contribution in [0.1, 0.15) is 43.6 Å². The van der Waals surface area contributed by atoms with Gasteiger partial charge in [0.1, 0.15) is 0 Å². The summed E-state index contributed by atoms with van der Waals surface area (Å²) in [5.74, 6) is 2.23. The maximum atomic E-state index is 12.2. The van der Waals surface area contributed by atoms with Crippen molar-refractivity contribution in [2.24, 2.45) is 11.8 Å². The highest BCUT2D eigenvalue weighted by Gasteiger charge is 2.21.